The number of urea groups is 1. The predicted molar refractivity (Wildman–Crippen MR) is 110 cm³/mol. The highest BCUT2D eigenvalue weighted by atomic mass is 16.5. The smallest absolute Gasteiger partial charge is 0.314 e. The predicted octanol–water partition coefficient (Wildman–Crippen LogP) is 2.77. The first-order valence-electron chi connectivity index (χ1n) is 9.63. The Morgan fingerprint density at radius 3 is 2.68 bits per heavy atom. The number of nitrogens with zero attached hydrogens (tertiary/aromatic N) is 1. The molecule has 28 heavy (non-hydrogen) atoms. The fourth-order valence-corrected chi connectivity index (χ4v) is 3.38. The summed E-state index contributed by atoms with van der Waals surface area (Å²) in [6, 6.07) is 14.1. The third-order valence-electron chi connectivity index (χ3n) is 5.04. The Bertz CT molecular complexity index is 790. The van der Waals surface area contributed by atoms with E-state index >= 15 is 0 Å². The van der Waals surface area contributed by atoms with Gasteiger partial charge in [0, 0.05) is 19.5 Å². The third-order valence-corrected chi connectivity index (χ3v) is 5.04. The van der Waals surface area contributed by atoms with Gasteiger partial charge in [-0.2, -0.15) is 0 Å². The molecule has 0 saturated heterocycles. The van der Waals surface area contributed by atoms with Gasteiger partial charge in [-0.05, 0) is 55.4 Å². The summed E-state index contributed by atoms with van der Waals surface area (Å²) in [7, 11) is 5.70. The lowest BCUT2D eigenvalue weighted by Crippen LogP contribution is -2.41. The number of hydrogen-bond donors (Lipinski definition) is 2. The van der Waals surface area contributed by atoms with Crippen molar-refractivity contribution in [1.82, 2.24) is 15.5 Å². The van der Waals surface area contributed by atoms with Crippen molar-refractivity contribution in [1.29, 1.82) is 0 Å². The summed E-state index contributed by atoms with van der Waals surface area (Å²) in [6.45, 7) is 1.88. The molecule has 0 bridgehead atoms. The number of amides is 2. The summed E-state index contributed by atoms with van der Waals surface area (Å²) in [5.41, 5.74) is 3.59. The maximum atomic E-state index is 12.2. The maximum absolute atomic E-state index is 12.2. The number of carbonyl (C=O) groups excluding carboxylic acids is 1. The quantitative estimate of drug-likeness (QED) is 0.736. The van der Waals surface area contributed by atoms with Crippen molar-refractivity contribution >= 4 is 6.03 Å². The first-order chi connectivity index (χ1) is 13.6. The number of ether oxygens (including phenoxy) is 2. The molecule has 2 aromatic carbocycles. The maximum Gasteiger partial charge on any atom is 0.314 e. The zero-order chi connectivity index (χ0) is 19.9. The van der Waals surface area contributed by atoms with E-state index in [2.05, 4.69) is 27.7 Å². The van der Waals surface area contributed by atoms with Gasteiger partial charge in [-0.1, -0.05) is 24.3 Å². The summed E-state index contributed by atoms with van der Waals surface area (Å²) in [5, 5.41) is 5.92. The minimum Gasteiger partial charge on any atom is -0.497 e. The molecule has 6 heteroatoms. The van der Waals surface area contributed by atoms with E-state index < -0.39 is 0 Å². The van der Waals surface area contributed by atoms with Gasteiger partial charge in [0.2, 0.25) is 0 Å². The van der Waals surface area contributed by atoms with Gasteiger partial charge < -0.3 is 25.0 Å². The zero-order valence-corrected chi connectivity index (χ0v) is 16.8. The van der Waals surface area contributed by atoms with Crippen molar-refractivity contribution in [3.8, 4) is 11.5 Å². The molecule has 1 heterocycles. The second-order valence-electron chi connectivity index (χ2n) is 7.18. The Balaban J connectivity index is 1.47. The molecule has 6 nitrogen and oxygen atoms in total. The molecule has 2 N–H and O–H groups in total. The van der Waals surface area contributed by atoms with Crippen LogP contribution in [0.5, 0.6) is 11.5 Å². The molecule has 0 fully saturated rings. The normalized spacial score (nSPS) is 13.6. The van der Waals surface area contributed by atoms with Crippen LogP contribution in [0.4, 0.5) is 4.79 Å². The fraction of sp³-hybridized carbons (Fsp3) is 0.409. The molecular weight excluding hydrogens is 354 g/mol. The van der Waals surface area contributed by atoms with E-state index in [0.717, 1.165) is 36.5 Å². The minimum absolute atomic E-state index is 0.109. The molecule has 1 aliphatic rings. The van der Waals surface area contributed by atoms with Crippen molar-refractivity contribution in [2.45, 2.75) is 18.9 Å². The molecule has 1 atom stereocenters. The number of likely N-dealkylation sites (N-methyl/N-ethyl adjacent to an activating group) is 1. The van der Waals surface area contributed by atoms with E-state index in [1.54, 1.807) is 7.11 Å². The van der Waals surface area contributed by atoms with Crippen LogP contribution in [0, 0.1) is 0 Å². The van der Waals surface area contributed by atoms with Crippen LogP contribution < -0.4 is 20.1 Å². The van der Waals surface area contributed by atoms with Crippen LogP contribution in [0.2, 0.25) is 0 Å². The fourth-order valence-electron chi connectivity index (χ4n) is 3.38. The molecule has 1 aliphatic heterocycles. The average Bonchev–Trinajstić information content (AvgIpc) is 3.16. The molecule has 0 radical (unpaired) electrons. The number of benzene rings is 2. The number of methoxy groups -OCH3 is 1. The van der Waals surface area contributed by atoms with Gasteiger partial charge >= 0.3 is 6.03 Å². The molecule has 0 aromatic heterocycles. The summed E-state index contributed by atoms with van der Waals surface area (Å²) in [6.07, 6.45) is 1.72. The number of hydrogen-bond acceptors (Lipinski definition) is 4. The monoisotopic (exact) mass is 383 g/mol. The molecule has 1 unspecified atom stereocenters. The van der Waals surface area contributed by atoms with E-state index in [1.807, 2.05) is 44.4 Å². The highest BCUT2D eigenvalue weighted by Gasteiger charge is 2.19. The summed E-state index contributed by atoms with van der Waals surface area (Å²) >= 11 is 0. The van der Waals surface area contributed by atoms with Crippen molar-refractivity contribution in [2.24, 2.45) is 0 Å². The Labute approximate surface area is 166 Å². The van der Waals surface area contributed by atoms with Gasteiger partial charge in [-0.15, -0.1) is 0 Å². The number of fused-ring (bicyclic) bond motifs is 1. The van der Waals surface area contributed by atoms with Gasteiger partial charge in [-0.25, -0.2) is 4.79 Å². The first kappa shape index (κ1) is 20.0. The average molecular weight is 383 g/mol. The second kappa shape index (κ2) is 9.46. The zero-order valence-electron chi connectivity index (χ0n) is 16.8. The molecular formula is C22H29N3O3. The number of nitrogens with one attached hydrogen (secondary N) is 2. The van der Waals surface area contributed by atoms with E-state index in [1.165, 1.54) is 11.1 Å². The molecule has 0 saturated carbocycles. The first-order valence-corrected chi connectivity index (χ1v) is 9.63. The van der Waals surface area contributed by atoms with E-state index in [0.29, 0.717) is 13.1 Å². The second-order valence-corrected chi connectivity index (χ2v) is 7.18. The van der Waals surface area contributed by atoms with Crippen molar-refractivity contribution in [2.75, 3.05) is 40.9 Å². The van der Waals surface area contributed by atoms with Crippen LogP contribution in [0.3, 0.4) is 0 Å². The highest BCUT2D eigenvalue weighted by Crippen LogP contribution is 2.29. The van der Waals surface area contributed by atoms with E-state index in [-0.39, 0.29) is 12.1 Å². The van der Waals surface area contributed by atoms with Crippen LogP contribution >= 0.6 is 0 Å². The standard InChI is InChI=1S/C22H29N3O3/c1-25(2)20(17-6-9-21-18(14-17)11-13-28-21)15-24-22(26)23-12-10-16-4-7-19(27-3)8-5-16/h4-9,14,20H,10-13,15H2,1-3H3,(H2,23,24,26). The molecule has 0 aliphatic carbocycles. The van der Waals surface area contributed by atoms with Crippen LogP contribution in [-0.2, 0) is 12.8 Å². The van der Waals surface area contributed by atoms with Gasteiger partial charge in [0.05, 0.1) is 19.8 Å². The Morgan fingerprint density at radius 1 is 1.18 bits per heavy atom. The third kappa shape index (κ3) is 5.16. The largest absolute Gasteiger partial charge is 0.497 e. The summed E-state index contributed by atoms with van der Waals surface area (Å²) < 4.78 is 10.7. The molecule has 2 amide bonds. The molecule has 150 valence electrons. The van der Waals surface area contributed by atoms with Crippen molar-refractivity contribution in [3.63, 3.8) is 0 Å². The lowest BCUT2D eigenvalue weighted by atomic mass is 10.0. The number of rotatable bonds is 8. The van der Waals surface area contributed by atoms with Crippen molar-refractivity contribution in [3.05, 3.63) is 59.2 Å². The lowest BCUT2D eigenvalue weighted by molar-refractivity contribution is 0.233. The minimum atomic E-state index is -0.148. The summed E-state index contributed by atoms with van der Waals surface area (Å²) in [4.78, 5) is 14.3. The van der Waals surface area contributed by atoms with Gasteiger partial charge in [0.1, 0.15) is 11.5 Å². The highest BCUT2D eigenvalue weighted by molar-refractivity contribution is 5.73. The van der Waals surface area contributed by atoms with Gasteiger partial charge in [0.25, 0.3) is 0 Å². The van der Waals surface area contributed by atoms with Crippen LogP contribution in [0.25, 0.3) is 0 Å². The van der Waals surface area contributed by atoms with E-state index in [4.69, 9.17) is 9.47 Å². The summed E-state index contributed by atoms with van der Waals surface area (Å²) in [5.74, 6) is 1.81. The topological polar surface area (TPSA) is 62.8 Å². The Morgan fingerprint density at radius 2 is 1.96 bits per heavy atom. The van der Waals surface area contributed by atoms with Crippen molar-refractivity contribution < 1.29 is 14.3 Å². The molecule has 0 spiro atoms. The van der Waals surface area contributed by atoms with Crippen LogP contribution in [-0.4, -0.2) is 51.8 Å². The van der Waals surface area contributed by atoms with Crippen LogP contribution in [0.15, 0.2) is 42.5 Å². The molecule has 3 rings (SSSR count). The Kier molecular flexibility index (Phi) is 6.76. The number of carbonyl (C=O) groups is 1. The molecule has 2 aromatic rings. The van der Waals surface area contributed by atoms with Gasteiger partial charge in [0.15, 0.2) is 0 Å². The lowest BCUT2D eigenvalue weighted by Gasteiger charge is -2.25. The SMILES string of the molecule is COc1ccc(CCNC(=O)NCC(c2ccc3c(c2)CCO3)N(C)C)cc1. The van der Waals surface area contributed by atoms with Crippen LogP contribution in [0.1, 0.15) is 22.7 Å². The Hall–Kier alpha value is -2.73. The van der Waals surface area contributed by atoms with Gasteiger partial charge in [-0.3, -0.25) is 0 Å². The van der Waals surface area contributed by atoms with E-state index in [9.17, 15) is 4.79 Å².